The van der Waals surface area contributed by atoms with Crippen molar-refractivity contribution in [3.05, 3.63) is 77.6 Å². The fraction of sp³-hybridized carbons (Fsp3) is 0.280. The molecule has 1 aliphatic heterocycles. The number of guanidine groups is 1. The summed E-state index contributed by atoms with van der Waals surface area (Å²) < 4.78 is 16.3. The van der Waals surface area contributed by atoms with E-state index in [4.69, 9.17) is 5.73 Å². The highest BCUT2D eigenvalue weighted by Gasteiger charge is 2.50. The van der Waals surface area contributed by atoms with Crippen LogP contribution in [0.2, 0.25) is 0 Å². The average Bonchev–Trinajstić information content (AvgIpc) is 3.34. The van der Waals surface area contributed by atoms with E-state index in [0.717, 1.165) is 6.42 Å². The number of halogens is 1. The van der Waals surface area contributed by atoms with Crippen LogP contribution in [0.4, 0.5) is 4.39 Å². The summed E-state index contributed by atoms with van der Waals surface area (Å²) in [5.74, 6) is -0.893. The molecule has 0 saturated heterocycles. The van der Waals surface area contributed by atoms with Crippen LogP contribution in [0.5, 0.6) is 0 Å². The standard InChI is InChI=1S/C25H26FN5O2/c1-4-12-31-15-18(14-20(31)21(32)5-2)25(23(33)30(3)24(27)29-25)17-9-6-8-16(13-17)19-10-7-11-28-22(19)26/h6-11,13-15H,4-5,12H2,1-3H3,(H2,27,29)/t25-/m0/s1. The van der Waals surface area contributed by atoms with Gasteiger partial charge < -0.3 is 10.3 Å². The van der Waals surface area contributed by atoms with E-state index in [1.807, 2.05) is 11.5 Å². The number of amides is 1. The summed E-state index contributed by atoms with van der Waals surface area (Å²) in [5, 5.41) is 0. The molecule has 0 fully saturated rings. The zero-order chi connectivity index (χ0) is 23.8. The van der Waals surface area contributed by atoms with Gasteiger partial charge in [-0.15, -0.1) is 0 Å². The van der Waals surface area contributed by atoms with Crippen molar-refractivity contribution in [3.63, 3.8) is 0 Å². The molecule has 1 aromatic carbocycles. The van der Waals surface area contributed by atoms with E-state index in [-0.39, 0.29) is 17.6 Å². The van der Waals surface area contributed by atoms with Crippen LogP contribution in [0.1, 0.15) is 48.3 Å². The summed E-state index contributed by atoms with van der Waals surface area (Å²) in [4.78, 5) is 35.9. The minimum atomic E-state index is -1.48. The van der Waals surface area contributed by atoms with E-state index in [0.29, 0.717) is 40.9 Å². The maximum atomic E-state index is 14.4. The van der Waals surface area contributed by atoms with E-state index < -0.39 is 11.5 Å². The molecular formula is C25H26FN5O2. The Kier molecular flexibility index (Phi) is 5.84. The second-order valence-corrected chi connectivity index (χ2v) is 8.05. The number of carbonyl (C=O) groups is 2. The van der Waals surface area contributed by atoms with Crippen LogP contribution in [0.3, 0.4) is 0 Å². The Bertz CT molecular complexity index is 1270. The predicted octanol–water partition coefficient (Wildman–Crippen LogP) is 3.72. The fourth-order valence-electron chi connectivity index (χ4n) is 4.25. The lowest BCUT2D eigenvalue weighted by Crippen LogP contribution is -2.41. The molecule has 0 radical (unpaired) electrons. The van der Waals surface area contributed by atoms with E-state index in [1.165, 1.54) is 11.1 Å². The molecule has 0 saturated carbocycles. The average molecular weight is 448 g/mol. The number of likely N-dealkylation sites (N-methyl/N-ethyl adjacent to an activating group) is 1. The van der Waals surface area contributed by atoms with Crippen LogP contribution in [-0.2, 0) is 16.9 Å². The number of hydrogen-bond acceptors (Lipinski definition) is 5. The van der Waals surface area contributed by atoms with Crippen LogP contribution in [0.25, 0.3) is 11.1 Å². The second-order valence-electron chi connectivity index (χ2n) is 8.05. The van der Waals surface area contributed by atoms with Gasteiger partial charge in [0.1, 0.15) is 0 Å². The van der Waals surface area contributed by atoms with Gasteiger partial charge in [0.25, 0.3) is 5.91 Å². The van der Waals surface area contributed by atoms with Crippen LogP contribution in [0, 0.1) is 5.95 Å². The first-order chi connectivity index (χ1) is 15.8. The van der Waals surface area contributed by atoms with Gasteiger partial charge in [-0.05, 0) is 41.8 Å². The van der Waals surface area contributed by atoms with Gasteiger partial charge in [0.05, 0.1) is 5.69 Å². The lowest BCUT2D eigenvalue weighted by Gasteiger charge is -2.25. The third-order valence-electron chi connectivity index (χ3n) is 5.98. The van der Waals surface area contributed by atoms with E-state index in [9.17, 15) is 14.0 Å². The Labute approximate surface area is 191 Å². The van der Waals surface area contributed by atoms with Crippen molar-refractivity contribution in [1.82, 2.24) is 14.5 Å². The molecule has 8 heteroatoms. The third kappa shape index (κ3) is 3.61. The zero-order valence-electron chi connectivity index (χ0n) is 18.9. The van der Waals surface area contributed by atoms with Crippen molar-refractivity contribution in [3.8, 4) is 11.1 Å². The number of rotatable bonds is 7. The van der Waals surface area contributed by atoms with Gasteiger partial charge in [0, 0.05) is 43.5 Å². The molecule has 0 aliphatic carbocycles. The monoisotopic (exact) mass is 447 g/mol. The highest BCUT2D eigenvalue weighted by atomic mass is 19.1. The number of pyridine rings is 1. The van der Waals surface area contributed by atoms with Crippen LogP contribution < -0.4 is 5.73 Å². The highest BCUT2D eigenvalue weighted by Crippen LogP contribution is 2.41. The van der Waals surface area contributed by atoms with Crippen molar-refractivity contribution in [2.45, 2.75) is 38.8 Å². The first kappa shape index (κ1) is 22.4. The van der Waals surface area contributed by atoms with E-state index >= 15 is 0 Å². The molecule has 170 valence electrons. The number of ketones is 1. The van der Waals surface area contributed by atoms with Crippen LogP contribution in [-0.4, -0.2) is 39.1 Å². The number of Topliss-reactive ketones (excluding diaryl/α,β-unsaturated/α-hetero) is 1. The van der Waals surface area contributed by atoms with Crippen molar-refractivity contribution in [2.75, 3.05) is 7.05 Å². The van der Waals surface area contributed by atoms with Gasteiger partial charge in [-0.25, -0.2) is 9.98 Å². The van der Waals surface area contributed by atoms with Gasteiger partial charge in [0.2, 0.25) is 5.95 Å². The van der Waals surface area contributed by atoms with Gasteiger partial charge >= 0.3 is 0 Å². The summed E-state index contributed by atoms with van der Waals surface area (Å²) >= 11 is 0. The summed E-state index contributed by atoms with van der Waals surface area (Å²) in [7, 11) is 1.56. The Morgan fingerprint density at radius 2 is 1.94 bits per heavy atom. The molecular weight excluding hydrogens is 421 g/mol. The number of aliphatic imine (C=N–C) groups is 1. The number of nitrogens with zero attached hydrogens (tertiary/aromatic N) is 4. The third-order valence-corrected chi connectivity index (χ3v) is 5.98. The number of aryl methyl sites for hydroxylation is 1. The molecule has 0 spiro atoms. The van der Waals surface area contributed by atoms with Gasteiger partial charge in [-0.1, -0.05) is 32.0 Å². The molecule has 1 atom stereocenters. The SMILES string of the molecule is CCCn1cc([C@]2(c3cccc(-c4cccnc4F)c3)N=C(N)N(C)C2=O)cc1C(=O)CC. The number of nitrogens with two attached hydrogens (primary N) is 1. The largest absolute Gasteiger partial charge is 0.369 e. The predicted molar refractivity (Wildman–Crippen MR) is 124 cm³/mol. The van der Waals surface area contributed by atoms with Crippen molar-refractivity contribution >= 4 is 17.6 Å². The minimum absolute atomic E-state index is 0.0215. The zero-order valence-corrected chi connectivity index (χ0v) is 18.9. The Morgan fingerprint density at radius 3 is 2.58 bits per heavy atom. The molecule has 0 bridgehead atoms. The Hall–Kier alpha value is -3.81. The molecule has 1 aliphatic rings. The first-order valence-corrected chi connectivity index (χ1v) is 10.9. The number of aromatic nitrogens is 2. The number of benzene rings is 1. The quantitative estimate of drug-likeness (QED) is 0.441. The maximum Gasteiger partial charge on any atom is 0.266 e. The molecule has 3 heterocycles. The molecule has 7 nitrogen and oxygen atoms in total. The number of hydrogen-bond donors (Lipinski definition) is 1. The van der Waals surface area contributed by atoms with Gasteiger partial charge in [0.15, 0.2) is 17.3 Å². The molecule has 3 aromatic rings. The summed E-state index contributed by atoms with van der Waals surface area (Å²) in [6.07, 6.45) is 4.35. The van der Waals surface area contributed by atoms with Crippen molar-refractivity contribution < 1.29 is 14.0 Å². The van der Waals surface area contributed by atoms with Crippen LogP contribution in [0.15, 0.2) is 59.9 Å². The second kappa shape index (κ2) is 8.61. The molecule has 33 heavy (non-hydrogen) atoms. The topological polar surface area (TPSA) is 93.6 Å². The normalized spacial score (nSPS) is 18.0. The summed E-state index contributed by atoms with van der Waals surface area (Å²) in [6, 6.07) is 12.0. The number of carbonyl (C=O) groups excluding carboxylic acids is 2. The lowest BCUT2D eigenvalue weighted by molar-refractivity contribution is -0.129. The Balaban J connectivity index is 1.96. The molecule has 4 rings (SSSR count). The minimum Gasteiger partial charge on any atom is -0.369 e. The summed E-state index contributed by atoms with van der Waals surface area (Å²) in [5.41, 5.74) is 7.10. The molecule has 1 amide bonds. The highest BCUT2D eigenvalue weighted by molar-refractivity contribution is 6.09. The van der Waals surface area contributed by atoms with Crippen molar-refractivity contribution in [2.24, 2.45) is 10.7 Å². The van der Waals surface area contributed by atoms with Crippen LogP contribution >= 0.6 is 0 Å². The molecule has 0 unspecified atom stereocenters. The molecule has 2 N–H and O–H groups in total. The fourth-order valence-corrected chi connectivity index (χ4v) is 4.25. The van der Waals surface area contributed by atoms with Crippen molar-refractivity contribution in [1.29, 1.82) is 0 Å². The Morgan fingerprint density at radius 1 is 1.15 bits per heavy atom. The molecule has 2 aromatic heterocycles. The van der Waals surface area contributed by atoms with E-state index in [1.54, 1.807) is 62.6 Å². The van der Waals surface area contributed by atoms with Gasteiger partial charge in [-0.3, -0.25) is 14.5 Å². The van der Waals surface area contributed by atoms with Gasteiger partial charge in [-0.2, -0.15) is 4.39 Å². The maximum absolute atomic E-state index is 14.4. The summed E-state index contributed by atoms with van der Waals surface area (Å²) in [6.45, 7) is 4.45. The van der Waals surface area contributed by atoms with E-state index in [2.05, 4.69) is 9.98 Å². The lowest BCUT2D eigenvalue weighted by atomic mass is 9.83. The smallest absolute Gasteiger partial charge is 0.266 e. The first-order valence-electron chi connectivity index (χ1n) is 10.9.